The highest BCUT2D eigenvalue weighted by atomic mass is 127. The van der Waals surface area contributed by atoms with Gasteiger partial charge in [-0.1, -0.05) is 29.8 Å². The number of halogens is 4. The minimum absolute atomic E-state index is 0. The first-order valence-electron chi connectivity index (χ1n) is 10.3. The van der Waals surface area contributed by atoms with Crippen LogP contribution in [0.15, 0.2) is 33.8 Å². The van der Waals surface area contributed by atoms with Crippen molar-refractivity contribution in [2.24, 2.45) is 4.99 Å². The smallest absolute Gasteiger partial charge is 0.357 e. The second kappa shape index (κ2) is 11.1. The Bertz CT molecular complexity index is 865. The maximum Gasteiger partial charge on any atom is 0.416 e. The van der Waals surface area contributed by atoms with Gasteiger partial charge < -0.3 is 15.2 Å². The Morgan fingerprint density at radius 2 is 2.03 bits per heavy atom. The summed E-state index contributed by atoms with van der Waals surface area (Å²) in [6, 6.07) is 5.68. The molecule has 0 amide bonds. The summed E-state index contributed by atoms with van der Waals surface area (Å²) in [5.41, 5.74) is -0.211. The molecule has 1 aliphatic carbocycles. The van der Waals surface area contributed by atoms with Crippen molar-refractivity contribution in [3.63, 3.8) is 0 Å². The molecule has 1 heterocycles. The van der Waals surface area contributed by atoms with Gasteiger partial charge in [-0.2, -0.15) is 18.2 Å². The SMILES string of the molecule is CCNC(=NCC1(c2cccc(C(F)(F)F)c2)CCC1)NCCCc1nc(C)no1.I. The van der Waals surface area contributed by atoms with E-state index >= 15 is 0 Å². The van der Waals surface area contributed by atoms with Gasteiger partial charge in [-0.3, -0.25) is 4.99 Å². The van der Waals surface area contributed by atoms with Crippen molar-refractivity contribution in [3.05, 3.63) is 47.1 Å². The fourth-order valence-electron chi connectivity index (χ4n) is 3.63. The lowest BCUT2D eigenvalue weighted by atomic mass is 9.64. The van der Waals surface area contributed by atoms with Crippen LogP contribution in [0.25, 0.3) is 0 Å². The van der Waals surface area contributed by atoms with E-state index in [4.69, 9.17) is 4.52 Å². The van der Waals surface area contributed by atoms with Crippen LogP contribution in [0.5, 0.6) is 0 Å². The van der Waals surface area contributed by atoms with Crippen molar-refractivity contribution in [2.75, 3.05) is 19.6 Å². The van der Waals surface area contributed by atoms with Gasteiger partial charge >= 0.3 is 6.18 Å². The molecule has 0 unspecified atom stereocenters. The summed E-state index contributed by atoms with van der Waals surface area (Å²) in [5, 5.41) is 10.2. The standard InChI is InChI=1S/C21H28F3N5O.HI/c1-3-25-19(26-12-5-9-18-28-15(2)29-30-18)27-14-20(10-6-11-20)16-7-4-8-17(13-16)21(22,23)24;/h4,7-8,13H,3,5-6,9-12,14H2,1-2H3,(H2,25,26,27);1H. The Kier molecular flexibility index (Phi) is 9.14. The van der Waals surface area contributed by atoms with Gasteiger partial charge in [0.05, 0.1) is 12.1 Å². The molecule has 1 aliphatic rings. The molecule has 0 radical (unpaired) electrons. The highest BCUT2D eigenvalue weighted by Gasteiger charge is 2.40. The van der Waals surface area contributed by atoms with E-state index in [2.05, 4.69) is 25.8 Å². The Balaban J connectivity index is 0.00000341. The molecule has 172 valence electrons. The van der Waals surface area contributed by atoms with E-state index in [9.17, 15) is 13.2 Å². The maximum absolute atomic E-state index is 13.1. The lowest BCUT2D eigenvalue weighted by molar-refractivity contribution is -0.137. The van der Waals surface area contributed by atoms with Gasteiger partial charge in [0, 0.05) is 24.9 Å². The summed E-state index contributed by atoms with van der Waals surface area (Å²) >= 11 is 0. The molecule has 31 heavy (non-hydrogen) atoms. The van der Waals surface area contributed by atoms with E-state index in [1.165, 1.54) is 12.1 Å². The zero-order valence-electron chi connectivity index (χ0n) is 17.8. The number of guanidine groups is 1. The van der Waals surface area contributed by atoms with Crippen LogP contribution >= 0.6 is 24.0 Å². The second-order valence-corrected chi connectivity index (χ2v) is 7.67. The van der Waals surface area contributed by atoms with Crippen molar-refractivity contribution in [2.45, 2.75) is 57.5 Å². The topological polar surface area (TPSA) is 75.3 Å². The predicted molar refractivity (Wildman–Crippen MR) is 124 cm³/mol. The average Bonchev–Trinajstić information content (AvgIpc) is 3.09. The molecule has 0 saturated heterocycles. The first-order chi connectivity index (χ1) is 14.3. The van der Waals surface area contributed by atoms with Gasteiger partial charge in [0.1, 0.15) is 0 Å². The average molecular weight is 551 g/mol. The van der Waals surface area contributed by atoms with E-state index in [1.54, 1.807) is 13.0 Å². The summed E-state index contributed by atoms with van der Waals surface area (Å²) in [4.78, 5) is 8.86. The van der Waals surface area contributed by atoms with Gasteiger partial charge in [0.25, 0.3) is 0 Å². The third-order valence-electron chi connectivity index (χ3n) is 5.43. The van der Waals surface area contributed by atoms with Gasteiger partial charge in [0.15, 0.2) is 11.8 Å². The van der Waals surface area contributed by atoms with Crippen LogP contribution in [0.1, 0.15) is 55.4 Å². The first kappa shape index (κ1) is 25.4. The second-order valence-electron chi connectivity index (χ2n) is 7.67. The highest BCUT2D eigenvalue weighted by Crippen LogP contribution is 2.45. The van der Waals surface area contributed by atoms with Crippen molar-refractivity contribution in [1.29, 1.82) is 0 Å². The van der Waals surface area contributed by atoms with Crippen LogP contribution in [-0.4, -0.2) is 35.7 Å². The Morgan fingerprint density at radius 3 is 2.61 bits per heavy atom. The van der Waals surface area contributed by atoms with Crippen LogP contribution < -0.4 is 10.6 Å². The van der Waals surface area contributed by atoms with Gasteiger partial charge in [-0.25, -0.2) is 0 Å². The number of nitrogens with zero attached hydrogens (tertiary/aromatic N) is 3. The van der Waals surface area contributed by atoms with E-state index in [0.717, 1.165) is 37.3 Å². The first-order valence-corrected chi connectivity index (χ1v) is 10.3. The quantitative estimate of drug-likeness (QED) is 0.217. The lowest BCUT2D eigenvalue weighted by Crippen LogP contribution is -2.42. The highest BCUT2D eigenvalue weighted by molar-refractivity contribution is 14.0. The van der Waals surface area contributed by atoms with Crippen molar-refractivity contribution in [1.82, 2.24) is 20.8 Å². The molecule has 6 nitrogen and oxygen atoms in total. The van der Waals surface area contributed by atoms with E-state index in [0.29, 0.717) is 43.7 Å². The van der Waals surface area contributed by atoms with Crippen LogP contribution in [0, 0.1) is 6.92 Å². The van der Waals surface area contributed by atoms with Gasteiger partial charge in [-0.05, 0) is 44.7 Å². The number of benzene rings is 1. The number of alkyl halides is 3. The summed E-state index contributed by atoms with van der Waals surface area (Å²) in [6.45, 7) is 5.58. The number of aromatic nitrogens is 2. The monoisotopic (exact) mass is 551 g/mol. The maximum atomic E-state index is 13.1. The Morgan fingerprint density at radius 1 is 1.26 bits per heavy atom. The van der Waals surface area contributed by atoms with Crippen molar-refractivity contribution >= 4 is 29.9 Å². The summed E-state index contributed by atoms with van der Waals surface area (Å²) < 4.78 is 44.5. The molecule has 0 bridgehead atoms. The minimum Gasteiger partial charge on any atom is -0.357 e. The number of hydrogen-bond acceptors (Lipinski definition) is 4. The van der Waals surface area contributed by atoms with Crippen LogP contribution in [0.4, 0.5) is 13.2 Å². The number of hydrogen-bond donors (Lipinski definition) is 2. The number of rotatable bonds is 8. The molecular formula is C21H29F3IN5O. The van der Waals surface area contributed by atoms with Crippen LogP contribution in [0.3, 0.4) is 0 Å². The normalized spacial score (nSPS) is 15.7. The van der Waals surface area contributed by atoms with Gasteiger partial charge in [-0.15, -0.1) is 24.0 Å². The number of nitrogens with one attached hydrogen (secondary N) is 2. The van der Waals surface area contributed by atoms with Crippen molar-refractivity contribution < 1.29 is 17.7 Å². The third kappa shape index (κ3) is 6.81. The van der Waals surface area contributed by atoms with E-state index in [-0.39, 0.29) is 29.4 Å². The van der Waals surface area contributed by atoms with E-state index in [1.807, 2.05) is 6.92 Å². The largest absolute Gasteiger partial charge is 0.416 e. The summed E-state index contributed by atoms with van der Waals surface area (Å²) in [7, 11) is 0. The third-order valence-corrected chi connectivity index (χ3v) is 5.43. The molecule has 0 spiro atoms. The molecule has 10 heteroatoms. The zero-order chi connectivity index (χ0) is 21.6. The molecule has 0 aliphatic heterocycles. The predicted octanol–water partition coefficient (Wildman–Crippen LogP) is 4.62. The lowest BCUT2D eigenvalue weighted by Gasteiger charge is -2.41. The molecule has 2 N–H and O–H groups in total. The molecule has 1 saturated carbocycles. The molecule has 3 rings (SSSR count). The molecule has 1 aromatic carbocycles. The Labute approximate surface area is 197 Å². The molecule has 1 aromatic heterocycles. The summed E-state index contributed by atoms with van der Waals surface area (Å²) in [6.07, 6.45) is -0.190. The minimum atomic E-state index is -4.34. The molecule has 0 atom stereocenters. The Hall–Kier alpha value is -1.85. The van der Waals surface area contributed by atoms with Crippen LogP contribution in [0.2, 0.25) is 0 Å². The molecule has 1 fully saturated rings. The van der Waals surface area contributed by atoms with E-state index < -0.39 is 11.7 Å². The van der Waals surface area contributed by atoms with Crippen LogP contribution in [-0.2, 0) is 18.0 Å². The summed E-state index contributed by atoms with van der Waals surface area (Å²) in [5.74, 6) is 1.89. The fraction of sp³-hybridized carbons (Fsp3) is 0.571. The number of aliphatic imine (C=N–C) groups is 1. The number of aryl methyl sites for hydroxylation is 2. The molecular weight excluding hydrogens is 522 g/mol. The zero-order valence-corrected chi connectivity index (χ0v) is 20.1. The van der Waals surface area contributed by atoms with Crippen molar-refractivity contribution in [3.8, 4) is 0 Å². The fourth-order valence-corrected chi connectivity index (χ4v) is 3.63. The van der Waals surface area contributed by atoms with Gasteiger partial charge in [0.2, 0.25) is 5.89 Å². The molecule has 2 aromatic rings.